The van der Waals surface area contributed by atoms with Gasteiger partial charge in [0.1, 0.15) is 11.2 Å². The molecule has 0 unspecified atom stereocenters. The minimum absolute atomic E-state index is 0.269. The van der Waals surface area contributed by atoms with Crippen LogP contribution in [0.3, 0.4) is 0 Å². The standard InChI is InChI=1S/C18H14ClN3O2/c1-10-20-13-8-7-11(9-15(13)24-10)21-18(23)17-16(19)12-5-3-4-6-14(12)22(17)2/h3-9H,1-2H3,(H,21,23). The van der Waals surface area contributed by atoms with E-state index in [1.165, 1.54) is 0 Å². The van der Waals surface area contributed by atoms with Crippen molar-refractivity contribution in [2.75, 3.05) is 5.32 Å². The number of aromatic nitrogens is 2. The molecule has 0 aliphatic carbocycles. The molecule has 0 fully saturated rings. The van der Waals surface area contributed by atoms with Gasteiger partial charge in [-0.3, -0.25) is 4.79 Å². The lowest BCUT2D eigenvalue weighted by molar-refractivity contribution is 0.102. The average Bonchev–Trinajstić information content (AvgIpc) is 3.05. The van der Waals surface area contributed by atoms with Gasteiger partial charge in [-0.2, -0.15) is 0 Å². The highest BCUT2D eigenvalue weighted by molar-refractivity contribution is 6.39. The van der Waals surface area contributed by atoms with Crippen LogP contribution >= 0.6 is 11.6 Å². The quantitative estimate of drug-likeness (QED) is 0.583. The summed E-state index contributed by atoms with van der Waals surface area (Å²) in [7, 11) is 1.83. The van der Waals surface area contributed by atoms with Crippen LogP contribution in [0.4, 0.5) is 5.69 Å². The maximum Gasteiger partial charge on any atom is 0.273 e. The zero-order valence-electron chi connectivity index (χ0n) is 13.1. The molecule has 0 aliphatic heterocycles. The van der Waals surface area contributed by atoms with Gasteiger partial charge in [0.2, 0.25) is 0 Å². The van der Waals surface area contributed by atoms with Gasteiger partial charge in [-0.1, -0.05) is 29.8 Å². The Morgan fingerprint density at radius 3 is 2.83 bits per heavy atom. The van der Waals surface area contributed by atoms with Crippen molar-refractivity contribution in [3.63, 3.8) is 0 Å². The first-order chi connectivity index (χ1) is 11.5. The van der Waals surface area contributed by atoms with Gasteiger partial charge in [0.15, 0.2) is 11.5 Å². The van der Waals surface area contributed by atoms with Crippen molar-refractivity contribution in [3.05, 3.63) is 59.1 Å². The van der Waals surface area contributed by atoms with Crippen molar-refractivity contribution >= 4 is 45.2 Å². The number of carbonyl (C=O) groups is 1. The smallest absolute Gasteiger partial charge is 0.273 e. The van der Waals surface area contributed by atoms with Crippen molar-refractivity contribution in [1.82, 2.24) is 9.55 Å². The number of carbonyl (C=O) groups excluding carboxylic acids is 1. The second kappa shape index (κ2) is 5.39. The van der Waals surface area contributed by atoms with Gasteiger partial charge < -0.3 is 14.3 Å². The highest BCUT2D eigenvalue weighted by Crippen LogP contribution is 2.30. The summed E-state index contributed by atoms with van der Waals surface area (Å²) < 4.78 is 7.29. The second-order valence-electron chi connectivity index (χ2n) is 5.61. The third kappa shape index (κ3) is 2.25. The lowest BCUT2D eigenvalue weighted by atomic mass is 10.2. The molecule has 0 aliphatic rings. The van der Waals surface area contributed by atoms with E-state index in [-0.39, 0.29) is 5.91 Å². The minimum Gasteiger partial charge on any atom is -0.441 e. The van der Waals surface area contributed by atoms with Crippen molar-refractivity contribution in [3.8, 4) is 0 Å². The van der Waals surface area contributed by atoms with Gasteiger partial charge in [0.05, 0.1) is 5.02 Å². The number of hydrogen-bond acceptors (Lipinski definition) is 3. The van der Waals surface area contributed by atoms with Gasteiger partial charge in [-0.05, 0) is 18.2 Å². The van der Waals surface area contributed by atoms with Crippen LogP contribution in [0.5, 0.6) is 0 Å². The summed E-state index contributed by atoms with van der Waals surface area (Å²) in [6.45, 7) is 1.79. The van der Waals surface area contributed by atoms with E-state index in [9.17, 15) is 4.79 Å². The van der Waals surface area contributed by atoms with Crippen molar-refractivity contribution in [1.29, 1.82) is 0 Å². The molecule has 1 amide bonds. The monoisotopic (exact) mass is 339 g/mol. The van der Waals surface area contributed by atoms with Crippen molar-refractivity contribution < 1.29 is 9.21 Å². The fourth-order valence-electron chi connectivity index (χ4n) is 2.91. The first-order valence-corrected chi connectivity index (χ1v) is 7.84. The molecule has 2 aromatic carbocycles. The number of rotatable bonds is 2. The molecule has 0 atom stereocenters. The predicted molar refractivity (Wildman–Crippen MR) is 94.6 cm³/mol. The van der Waals surface area contributed by atoms with Crippen LogP contribution < -0.4 is 5.32 Å². The SMILES string of the molecule is Cc1nc2ccc(NC(=O)c3c(Cl)c4ccccc4n3C)cc2o1. The number of amides is 1. The molecule has 5 nitrogen and oxygen atoms in total. The zero-order chi connectivity index (χ0) is 16.8. The summed E-state index contributed by atoms with van der Waals surface area (Å²) >= 11 is 6.41. The van der Waals surface area contributed by atoms with Crippen LogP contribution in [0.25, 0.3) is 22.0 Å². The Balaban J connectivity index is 1.73. The number of nitrogens with zero attached hydrogens (tertiary/aromatic N) is 2. The largest absolute Gasteiger partial charge is 0.441 e. The lowest BCUT2D eigenvalue weighted by Gasteiger charge is -2.07. The Bertz CT molecular complexity index is 1060. The van der Waals surface area contributed by atoms with Crippen molar-refractivity contribution in [2.45, 2.75) is 6.92 Å². The molecule has 1 N–H and O–H groups in total. The molecule has 0 saturated heterocycles. The highest BCUT2D eigenvalue weighted by atomic mass is 35.5. The molecular weight excluding hydrogens is 326 g/mol. The molecule has 0 saturated carbocycles. The normalized spacial score (nSPS) is 11.3. The molecular formula is C18H14ClN3O2. The Morgan fingerprint density at radius 2 is 2.04 bits per heavy atom. The summed E-state index contributed by atoms with van der Waals surface area (Å²) in [5, 5.41) is 4.17. The van der Waals surface area contributed by atoms with Gasteiger partial charge in [-0.25, -0.2) is 4.98 Å². The summed E-state index contributed by atoms with van der Waals surface area (Å²) in [4.78, 5) is 16.9. The van der Waals surface area contributed by atoms with Crippen molar-refractivity contribution in [2.24, 2.45) is 7.05 Å². The van der Waals surface area contributed by atoms with Gasteiger partial charge in [0, 0.05) is 36.6 Å². The molecule has 120 valence electrons. The second-order valence-corrected chi connectivity index (χ2v) is 5.99. The molecule has 4 aromatic rings. The number of aryl methyl sites for hydroxylation is 2. The van der Waals surface area contributed by atoms with Gasteiger partial charge in [0.25, 0.3) is 5.91 Å². The highest BCUT2D eigenvalue weighted by Gasteiger charge is 2.20. The molecule has 2 heterocycles. The Labute approximate surface area is 142 Å². The Kier molecular flexibility index (Phi) is 3.32. The van der Waals surface area contributed by atoms with E-state index in [4.69, 9.17) is 16.0 Å². The third-order valence-electron chi connectivity index (χ3n) is 4.01. The van der Waals surface area contributed by atoms with Crippen LogP contribution in [0.1, 0.15) is 16.4 Å². The fourth-order valence-corrected chi connectivity index (χ4v) is 3.28. The van der Waals surface area contributed by atoms with E-state index < -0.39 is 0 Å². The number of anilines is 1. The van der Waals surface area contributed by atoms with Crippen LogP contribution in [-0.4, -0.2) is 15.5 Å². The van der Waals surface area contributed by atoms with E-state index in [0.717, 1.165) is 16.4 Å². The molecule has 24 heavy (non-hydrogen) atoms. The number of fused-ring (bicyclic) bond motifs is 2. The van der Waals surface area contributed by atoms with Crippen LogP contribution in [-0.2, 0) is 7.05 Å². The molecule has 0 bridgehead atoms. The first kappa shape index (κ1) is 14.8. The fraction of sp³-hybridized carbons (Fsp3) is 0.111. The summed E-state index contributed by atoms with van der Waals surface area (Å²) in [6.07, 6.45) is 0. The van der Waals surface area contributed by atoms with E-state index in [0.29, 0.717) is 27.9 Å². The zero-order valence-corrected chi connectivity index (χ0v) is 13.9. The van der Waals surface area contributed by atoms with Gasteiger partial charge in [-0.15, -0.1) is 0 Å². The Morgan fingerprint density at radius 1 is 1.25 bits per heavy atom. The molecule has 0 spiro atoms. The third-order valence-corrected chi connectivity index (χ3v) is 4.40. The molecule has 0 radical (unpaired) electrons. The lowest BCUT2D eigenvalue weighted by Crippen LogP contribution is -2.16. The van der Waals surface area contributed by atoms with E-state index in [2.05, 4.69) is 10.3 Å². The predicted octanol–water partition coefficient (Wildman–Crippen LogP) is 4.53. The molecule has 6 heteroatoms. The average molecular weight is 340 g/mol. The van der Waals surface area contributed by atoms with E-state index in [1.807, 2.05) is 37.4 Å². The maximum absolute atomic E-state index is 12.7. The van der Waals surface area contributed by atoms with E-state index in [1.54, 1.807) is 23.6 Å². The number of hydrogen-bond donors (Lipinski definition) is 1. The summed E-state index contributed by atoms with van der Waals surface area (Å²) in [5.41, 5.74) is 3.35. The topological polar surface area (TPSA) is 60.1 Å². The number of para-hydroxylation sites is 1. The molecule has 2 aromatic heterocycles. The van der Waals surface area contributed by atoms with E-state index >= 15 is 0 Å². The first-order valence-electron chi connectivity index (χ1n) is 7.46. The number of halogens is 1. The minimum atomic E-state index is -0.269. The number of benzene rings is 2. The van der Waals surface area contributed by atoms with Crippen LogP contribution in [0, 0.1) is 6.92 Å². The maximum atomic E-state index is 12.7. The Hall–Kier alpha value is -2.79. The summed E-state index contributed by atoms with van der Waals surface area (Å²) in [5.74, 6) is 0.319. The molecule has 4 rings (SSSR count). The number of nitrogens with one attached hydrogen (secondary N) is 1. The summed E-state index contributed by atoms with van der Waals surface area (Å²) in [6, 6.07) is 13.0. The number of oxazole rings is 1. The van der Waals surface area contributed by atoms with Gasteiger partial charge >= 0.3 is 0 Å². The van der Waals surface area contributed by atoms with Crippen LogP contribution in [0.15, 0.2) is 46.9 Å². The van der Waals surface area contributed by atoms with Crippen LogP contribution in [0.2, 0.25) is 5.02 Å².